The van der Waals surface area contributed by atoms with Crippen molar-refractivity contribution in [3.05, 3.63) is 46.3 Å². The Morgan fingerprint density at radius 1 is 1.16 bits per heavy atom. The van der Waals surface area contributed by atoms with Crippen molar-refractivity contribution in [2.24, 2.45) is 0 Å². The Morgan fingerprint density at radius 2 is 1.94 bits per heavy atom. The van der Waals surface area contributed by atoms with Crippen LogP contribution in [0.4, 0.5) is 5.00 Å². The van der Waals surface area contributed by atoms with Gasteiger partial charge >= 0.3 is 17.9 Å². The Labute approximate surface area is 180 Å². The molecule has 0 saturated heterocycles. The Balaban J connectivity index is 1.64. The fourth-order valence-corrected chi connectivity index (χ4v) is 3.57. The van der Waals surface area contributed by atoms with E-state index in [4.69, 9.17) is 24.5 Å². The molecular weight excluding hydrogens is 428 g/mol. The number of aryl methyl sites for hydroxylation is 1. The van der Waals surface area contributed by atoms with Crippen LogP contribution in [0.2, 0.25) is 0 Å². The monoisotopic (exact) mass is 446 g/mol. The second-order valence-electron chi connectivity index (χ2n) is 6.02. The number of anilines is 1. The number of nitrogen functional groups attached to an aromatic ring is 1. The smallest absolute Gasteiger partial charge is 0.348 e. The number of thiophene rings is 1. The molecule has 0 spiro atoms. The Hall–Kier alpha value is -3.80. The van der Waals surface area contributed by atoms with Gasteiger partial charge in [0.1, 0.15) is 27.7 Å². The maximum Gasteiger partial charge on any atom is 0.348 e. The number of hydrogen-bond acceptors (Lipinski definition) is 12. The summed E-state index contributed by atoms with van der Waals surface area (Å²) in [5.74, 6) is -1.51. The lowest BCUT2D eigenvalue weighted by Gasteiger charge is -2.07. The Kier molecular flexibility index (Phi) is 6.92. The van der Waals surface area contributed by atoms with Crippen LogP contribution >= 0.6 is 11.3 Å². The Morgan fingerprint density at radius 3 is 2.61 bits per heavy atom. The van der Waals surface area contributed by atoms with Crippen molar-refractivity contribution in [2.75, 3.05) is 20.0 Å². The van der Waals surface area contributed by atoms with Gasteiger partial charge in [-0.05, 0) is 12.1 Å². The van der Waals surface area contributed by atoms with Gasteiger partial charge < -0.3 is 24.5 Å². The minimum atomic E-state index is -0.747. The molecule has 0 radical (unpaired) electrons. The number of pyridine rings is 1. The van der Waals surface area contributed by atoms with Gasteiger partial charge in [0.25, 0.3) is 0 Å². The number of nitrogens with two attached hydrogens (primary N) is 1. The zero-order valence-corrected chi connectivity index (χ0v) is 17.4. The van der Waals surface area contributed by atoms with E-state index in [2.05, 4.69) is 15.1 Å². The molecule has 0 unspecified atom stereocenters. The number of rotatable bonds is 8. The van der Waals surface area contributed by atoms with Gasteiger partial charge in [0.2, 0.25) is 11.7 Å². The molecule has 0 aromatic carbocycles. The molecule has 3 heterocycles. The number of methoxy groups -OCH3 is 2. The van der Waals surface area contributed by atoms with Gasteiger partial charge in [-0.1, -0.05) is 11.2 Å². The van der Waals surface area contributed by atoms with E-state index in [0.29, 0.717) is 11.5 Å². The minimum absolute atomic E-state index is 0.0300. The third kappa shape index (κ3) is 5.04. The van der Waals surface area contributed by atoms with Gasteiger partial charge in [-0.3, -0.25) is 9.78 Å². The fraction of sp³-hybridized carbons (Fsp3) is 0.263. The average Bonchev–Trinajstić information content (AvgIpc) is 3.40. The van der Waals surface area contributed by atoms with Gasteiger partial charge in [0.05, 0.1) is 20.6 Å². The van der Waals surface area contributed by atoms with Gasteiger partial charge in [-0.15, -0.1) is 11.3 Å². The number of ether oxygens (including phenoxy) is 3. The highest BCUT2D eigenvalue weighted by Crippen LogP contribution is 2.33. The molecule has 31 heavy (non-hydrogen) atoms. The number of esters is 3. The van der Waals surface area contributed by atoms with E-state index in [1.54, 1.807) is 24.4 Å². The van der Waals surface area contributed by atoms with Crippen LogP contribution < -0.4 is 5.73 Å². The second-order valence-corrected chi connectivity index (χ2v) is 7.07. The summed E-state index contributed by atoms with van der Waals surface area (Å²) >= 11 is 0.852. The van der Waals surface area contributed by atoms with Crippen LogP contribution in [0.3, 0.4) is 0 Å². The summed E-state index contributed by atoms with van der Waals surface area (Å²) in [5, 5.41) is 3.89. The average molecular weight is 446 g/mol. The van der Waals surface area contributed by atoms with E-state index in [1.165, 1.54) is 14.2 Å². The number of aromatic nitrogens is 3. The summed E-state index contributed by atoms with van der Waals surface area (Å²) in [4.78, 5) is 44.6. The zero-order valence-electron chi connectivity index (χ0n) is 16.6. The van der Waals surface area contributed by atoms with Gasteiger partial charge in [0.15, 0.2) is 0 Å². The van der Waals surface area contributed by atoms with Gasteiger partial charge in [0, 0.05) is 18.2 Å². The van der Waals surface area contributed by atoms with Crippen LogP contribution in [0.15, 0.2) is 28.9 Å². The van der Waals surface area contributed by atoms with Crippen molar-refractivity contribution in [2.45, 2.75) is 19.4 Å². The molecule has 12 heteroatoms. The fourth-order valence-electron chi connectivity index (χ4n) is 2.60. The van der Waals surface area contributed by atoms with E-state index in [9.17, 15) is 14.4 Å². The molecule has 3 aromatic heterocycles. The summed E-state index contributed by atoms with van der Waals surface area (Å²) in [6.45, 7) is -0.357. The molecule has 0 fully saturated rings. The highest BCUT2D eigenvalue weighted by atomic mass is 32.1. The molecule has 3 aromatic rings. The van der Waals surface area contributed by atoms with Crippen LogP contribution in [-0.4, -0.2) is 47.3 Å². The topological polar surface area (TPSA) is 157 Å². The van der Waals surface area contributed by atoms with Crippen molar-refractivity contribution in [3.8, 4) is 11.5 Å². The van der Waals surface area contributed by atoms with Crippen LogP contribution in [0.1, 0.15) is 37.9 Å². The van der Waals surface area contributed by atoms with Crippen LogP contribution in [-0.2, 0) is 32.0 Å². The molecule has 2 N–H and O–H groups in total. The van der Waals surface area contributed by atoms with E-state index in [1.807, 2.05) is 0 Å². The quantitative estimate of drug-likeness (QED) is 0.399. The van der Waals surface area contributed by atoms with Crippen LogP contribution in [0.25, 0.3) is 11.5 Å². The second kappa shape index (κ2) is 9.80. The SMILES string of the molecule is COC(=O)c1sc(N)c(C(=O)OC)c1COC(=O)CCc1nc(-c2ccccn2)no1. The summed E-state index contributed by atoms with van der Waals surface area (Å²) in [5.41, 5.74) is 6.48. The van der Waals surface area contributed by atoms with Crippen molar-refractivity contribution in [3.63, 3.8) is 0 Å². The third-order valence-corrected chi connectivity index (χ3v) is 5.12. The number of hydrogen-bond donors (Lipinski definition) is 1. The maximum atomic E-state index is 12.2. The van der Waals surface area contributed by atoms with E-state index in [-0.39, 0.29) is 46.3 Å². The van der Waals surface area contributed by atoms with Crippen molar-refractivity contribution < 1.29 is 33.1 Å². The largest absolute Gasteiger partial charge is 0.465 e. The molecule has 162 valence electrons. The molecule has 0 saturated carbocycles. The predicted molar refractivity (Wildman–Crippen MR) is 107 cm³/mol. The lowest BCUT2D eigenvalue weighted by Crippen LogP contribution is -2.13. The van der Waals surface area contributed by atoms with Crippen molar-refractivity contribution >= 4 is 34.2 Å². The molecule has 11 nitrogen and oxygen atoms in total. The van der Waals surface area contributed by atoms with E-state index < -0.39 is 17.9 Å². The van der Waals surface area contributed by atoms with E-state index >= 15 is 0 Å². The van der Waals surface area contributed by atoms with Crippen LogP contribution in [0.5, 0.6) is 0 Å². The minimum Gasteiger partial charge on any atom is -0.465 e. The van der Waals surface area contributed by atoms with Crippen molar-refractivity contribution in [1.29, 1.82) is 0 Å². The lowest BCUT2D eigenvalue weighted by molar-refractivity contribution is -0.145. The summed E-state index contributed by atoms with van der Waals surface area (Å²) in [6, 6.07) is 5.28. The molecule has 0 aliphatic rings. The number of carbonyl (C=O) groups is 3. The normalized spacial score (nSPS) is 10.5. The molecular formula is C19H18N4O7S. The highest BCUT2D eigenvalue weighted by Gasteiger charge is 2.28. The summed E-state index contributed by atoms with van der Waals surface area (Å²) in [7, 11) is 2.37. The third-order valence-electron chi connectivity index (χ3n) is 4.08. The lowest BCUT2D eigenvalue weighted by atomic mass is 10.1. The summed E-state index contributed by atoms with van der Waals surface area (Å²) in [6.07, 6.45) is 1.67. The first-order valence-corrected chi connectivity index (χ1v) is 9.73. The van der Waals surface area contributed by atoms with Gasteiger partial charge in [-0.2, -0.15) is 4.98 Å². The molecule has 0 aliphatic carbocycles. The summed E-state index contributed by atoms with van der Waals surface area (Å²) < 4.78 is 19.7. The first-order chi connectivity index (χ1) is 14.9. The van der Waals surface area contributed by atoms with Gasteiger partial charge in [-0.25, -0.2) is 9.59 Å². The Bertz CT molecular complexity index is 1090. The number of nitrogens with zero attached hydrogens (tertiary/aromatic N) is 3. The predicted octanol–water partition coefficient (Wildman–Crippen LogP) is 2.02. The zero-order chi connectivity index (χ0) is 22.4. The first kappa shape index (κ1) is 21.9. The molecule has 0 amide bonds. The van der Waals surface area contributed by atoms with Crippen LogP contribution in [0, 0.1) is 0 Å². The molecule has 0 atom stereocenters. The maximum absolute atomic E-state index is 12.2. The van der Waals surface area contributed by atoms with E-state index in [0.717, 1.165) is 11.3 Å². The van der Waals surface area contributed by atoms with Crippen molar-refractivity contribution in [1.82, 2.24) is 15.1 Å². The molecule has 3 rings (SSSR count). The number of carbonyl (C=O) groups excluding carboxylic acids is 3. The molecule has 0 bridgehead atoms. The standard InChI is InChI=1S/C19H18N4O7S/c1-27-18(25)14-10(15(19(26)28-2)31-16(14)20)9-29-13(24)7-6-12-22-17(23-30-12)11-5-3-4-8-21-11/h3-5,8H,6-7,9,20H2,1-2H3. The first-order valence-electron chi connectivity index (χ1n) is 8.92. The molecule has 0 aliphatic heterocycles. The highest BCUT2D eigenvalue weighted by molar-refractivity contribution is 7.18.